The van der Waals surface area contributed by atoms with E-state index in [9.17, 15) is 5.11 Å². The van der Waals surface area contributed by atoms with Crippen molar-refractivity contribution in [1.82, 2.24) is 4.90 Å². The summed E-state index contributed by atoms with van der Waals surface area (Å²) in [6, 6.07) is 21.1. The van der Waals surface area contributed by atoms with E-state index < -0.39 is 0 Å². The van der Waals surface area contributed by atoms with Gasteiger partial charge in [0.2, 0.25) is 0 Å². The van der Waals surface area contributed by atoms with Gasteiger partial charge in [-0.3, -0.25) is 0 Å². The summed E-state index contributed by atoms with van der Waals surface area (Å²) in [5.41, 5.74) is 2.57. The Morgan fingerprint density at radius 2 is 1.32 bits per heavy atom. The van der Waals surface area contributed by atoms with Crippen molar-refractivity contribution in [3.05, 3.63) is 71.8 Å². The first-order chi connectivity index (χ1) is 10.8. The highest BCUT2D eigenvalue weighted by Crippen LogP contribution is 2.29. The third-order valence-corrected chi connectivity index (χ3v) is 4.58. The highest BCUT2D eigenvalue weighted by molar-refractivity contribution is 5.32. The normalized spacial score (nSPS) is 17.0. The van der Waals surface area contributed by atoms with Crippen LogP contribution in [0.25, 0.3) is 0 Å². The number of aliphatic hydroxyl groups excluding tert-OH is 1. The molecule has 116 valence electrons. The molecule has 1 aliphatic heterocycles. The van der Waals surface area contributed by atoms with E-state index in [0.29, 0.717) is 0 Å². The van der Waals surface area contributed by atoms with Gasteiger partial charge in [0, 0.05) is 12.5 Å². The van der Waals surface area contributed by atoms with Crippen molar-refractivity contribution in [2.24, 2.45) is 0 Å². The molecule has 1 heterocycles. The fourth-order valence-electron chi connectivity index (χ4n) is 3.45. The van der Waals surface area contributed by atoms with Crippen LogP contribution in [-0.4, -0.2) is 35.7 Å². The summed E-state index contributed by atoms with van der Waals surface area (Å²) >= 11 is 0. The molecule has 0 saturated carbocycles. The zero-order valence-electron chi connectivity index (χ0n) is 13.1. The van der Waals surface area contributed by atoms with Crippen LogP contribution in [-0.2, 0) is 0 Å². The summed E-state index contributed by atoms with van der Waals surface area (Å²) in [4.78, 5) is 2.39. The van der Waals surface area contributed by atoms with Crippen LogP contribution >= 0.6 is 0 Å². The average molecular weight is 295 g/mol. The maximum atomic E-state index is 10.6. The van der Waals surface area contributed by atoms with Gasteiger partial charge < -0.3 is 10.0 Å². The molecule has 1 aliphatic rings. The van der Waals surface area contributed by atoms with Crippen molar-refractivity contribution in [3.63, 3.8) is 0 Å². The number of rotatable bonds is 6. The lowest BCUT2D eigenvalue weighted by Gasteiger charge is -2.24. The summed E-state index contributed by atoms with van der Waals surface area (Å²) in [6.07, 6.45) is 3.05. The molecular weight excluding hydrogens is 270 g/mol. The molecule has 0 amide bonds. The zero-order valence-corrected chi connectivity index (χ0v) is 13.1. The van der Waals surface area contributed by atoms with Crippen LogP contribution in [0.3, 0.4) is 0 Å². The minimum atomic E-state index is -0.275. The molecule has 2 aromatic rings. The molecule has 3 rings (SSSR count). The number of hydrogen-bond acceptors (Lipinski definition) is 2. The Kier molecular flexibility index (Phi) is 5.25. The highest BCUT2D eigenvalue weighted by atomic mass is 16.3. The van der Waals surface area contributed by atoms with E-state index in [1.807, 2.05) is 12.1 Å². The smallest absolute Gasteiger partial charge is 0.0676 e. The molecule has 0 aliphatic carbocycles. The van der Waals surface area contributed by atoms with Crippen LogP contribution in [0.5, 0.6) is 0 Å². The molecular formula is C20H25NO. The van der Waals surface area contributed by atoms with Gasteiger partial charge >= 0.3 is 0 Å². The van der Waals surface area contributed by atoms with Gasteiger partial charge in [0.1, 0.15) is 0 Å². The van der Waals surface area contributed by atoms with E-state index in [1.165, 1.54) is 24.0 Å². The van der Waals surface area contributed by atoms with Gasteiger partial charge in [-0.15, -0.1) is 0 Å². The van der Waals surface area contributed by atoms with Crippen molar-refractivity contribution < 1.29 is 5.11 Å². The SMILES string of the molecule is OC(CC(c1ccccc1)c1ccccc1)CN1CCCC1. The van der Waals surface area contributed by atoms with Crippen LogP contribution < -0.4 is 0 Å². The van der Waals surface area contributed by atoms with E-state index in [-0.39, 0.29) is 12.0 Å². The second kappa shape index (κ2) is 7.57. The molecule has 22 heavy (non-hydrogen) atoms. The first-order valence-corrected chi connectivity index (χ1v) is 8.33. The van der Waals surface area contributed by atoms with Crippen LogP contribution in [0.15, 0.2) is 60.7 Å². The van der Waals surface area contributed by atoms with Gasteiger partial charge in [0.05, 0.1) is 6.10 Å². The molecule has 1 unspecified atom stereocenters. The Bertz CT molecular complexity index is 509. The topological polar surface area (TPSA) is 23.5 Å². The molecule has 1 saturated heterocycles. The third kappa shape index (κ3) is 3.96. The molecule has 0 spiro atoms. The highest BCUT2D eigenvalue weighted by Gasteiger charge is 2.21. The lowest BCUT2D eigenvalue weighted by molar-refractivity contribution is 0.113. The van der Waals surface area contributed by atoms with Crippen molar-refractivity contribution >= 4 is 0 Å². The van der Waals surface area contributed by atoms with Crippen molar-refractivity contribution in [2.45, 2.75) is 31.3 Å². The lowest BCUT2D eigenvalue weighted by atomic mass is 9.86. The van der Waals surface area contributed by atoms with Crippen molar-refractivity contribution in [2.75, 3.05) is 19.6 Å². The lowest BCUT2D eigenvalue weighted by Crippen LogP contribution is -2.31. The minimum absolute atomic E-state index is 0.264. The number of benzene rings is 2. The summed E-state index contributed by atoms with van der Waals surface area (Å²) < 4.78 is 0. The number of β-amino-alcohol motifs (C(OH)–C–C–N with tert-alkyl or cyclic N) is 1. The third-order valence-electron chi connectivity index (χ3n) is 4.58. The van der Waals surface area contributed by atoms with Gasteiger partial charge in [-0.25, -0.2) is 0 Å². The number of hydrogen-bond donors (Lipinski definition) is 1. The van der Waals surface area contributed by atoms with Gasteiger partial charge in [0.15, 0.2) is 0 Å². The van der Waals surface area contributed by atoms with Gasteiger partial charge in [0.25, 0.3) is 0 Å². The summed E-state index contributed by atoms with van der Waals surface area (Å²) in [5, 5.41) is 10.6. The summed E-state index contributed by atoms with van der Waals surface area (Å²) in [5.74, 6) is 0.264. The second-order valence-corrected chi connectivity index (χ2v) is 6.27. The van der Waals surface area contributed by atoms with E-state index in [1.54, 1.807) is 0 Å². The van der Waals surface area contributed by atoms with Gasteiger partial charge in [-0.05, 0) is 43.5 Å². The quantitative estimate of drug-likeness (QED) is 0.879. The summed E-state index contributed by atoms with van der Waals surface area (Å²) in [7, 11) is 0. The van der Waals surface area contributed by atoms with Crippen LogP contribution in [0, 0.1) is 0 Å². The largest absolute Gasteiger partial charge is 0.392 e. The van der Waals surface area contributed by atoms with E-state index in [0.717, 1.165) is 26.1 Å². The fourth-order valence-corrected chi connectivity index (χ4v) is 3.45. The monoisotopic (exact) mass is 295 g/mol. The molecule has 2 heteroatoms. The number of aliphatic hydroxyl groups is 1. The number of nitrogens with zero attached hydrogens (tertiary/aromatic N) is 1. The van der Waals surface area contributed by atoms with E-state index >= 15 is 0 Å². The predicted molar refractivity (Wildman–Crippen MR) is 91.0 cm³/mol. The maximum absolute atomic E-state index is 10.6. The van der Waals surface area contributed by atoms with Gasteiger partial charge in [-0.1, -0.05) is 60.7 Å². The van der Waals surface area contributed by atoms with Crippen molar-refractivity contribution in [1.29, 1.82) is 0 Å². The first kappa shape index (κ1) is 15.3. The number of likely N-dealkylation sites (tertiary alicyclic amines) is 1. The Balaban J connectivity index is 1.74. The predicted octanol–water partition coefficient (Wildman–Crippen LogP) is 3.67. The molecule has 2 nitrogen and oxygen atoms in total. The summed E-state index contributed by atoms with van der Waals surface area (Å²) in [6.45, 7) is 3.08. The van der Waals surface area contributed by atoms with Gasteiger partial charge in [-0.2, -0.15) is 0 Å². The Morgan fingerprint density at radius 1 is 0.818 bits per heavy atom. The zero-order chi connectivity index (χ0) is 15.2. The Morgan fingerprint density at radius 3 is 1.82 bits per heavy atom. The van der Waals surface area contributed by atoms with Crippen molar-refractivity contribution in [3.8, 4) is 0 Å². The molecule has 1 N–H and O–H groups in total. The molecule has 1 fully saturated rings. The Labute approximate surface area is 133 Å². The first-order valence-electron chi connectivity index (χ1n) is 8.33. The van der Waals surface area contributed by atoms with E-state index in [4.69, 9.17) is 0 Å². The van der Waals surface area contributed by atoms with E-state index in [2.05, 4.69) is 53.4 Å². The van der Waals surface area contributed by atoms with Crippen LogP contribution in [0.4, 0.5) is 0 Å². The molecule has 0 aromatic heterocycles. The minimum Gasteiger partial charge on any atom is -0.392 e. The molecule has 0 bridgehead atoms. The molecule has 2 aromatic carbocycles. The van der Waals surface area contributed by atoms with Crippen LogP contribution in [0.2, 0.25) is 0 Å². The molecule has 1 atom stereocenters. The maximum Gasteiger partial charge on any atom is 0.0676 e. The van der Waals surface area contributed by atoms with Crippen LogP contribution in [0.1, 0.15) is 36.3 Å². The average Bonchev–Trinajstić information content (AvgIpc) is 3.07. The fraction of sp³-hybridized carbons (Fsp3) is 0.400. The molecule has 0 radical (unpaired) electrons. The second-order valence-electron chi connectivity index (χ2n) is 6.27. The standard InChI is InChI=1S/C20H25NO/c22-19(16-21-13-7-8-14-21)15-20(17-9-3-1-4-10-17)18-11-5-2-6-12-18/h1-6,9-12,19-20,22H,7-8,13-16H2. The Hall–Kier alpha value is -1.64.